The Balaban J connectivity index is 0.000000179. The number of β-amino-alcohol motifs (C(OH)–C–C–N with tert-alkyl or cyclic N) is 1. The van der Waals surface area contributed by atoms with Gasteiger partial charge in [0, 0.05) is 31.8 Å². The molecule has 2 atom stereocenters. The second-order valence-corrected chi connectivity index (χ2v) is 10.5. The van der Waals surface area contributed by atoms with Crippen LogP contribution in [0.1, 0.15) is 24.8 Å². The highest BCUT2D eigenvalue weighted by molar-refractivity contribution is 7.90. The van der Waals surface area contributed by atoms with Crippen LogP contribution >= 0.6 is 0 Å². The molecule has 0 amide bonds. The molecule has 0 bridgehead atoms. The standard InChI is InChI=1S/C12H7F4N5.C8H13F2NO3S/c13-7-3-9(21-10(7)5-19-11(17)20-21)8-2-1-6(4-18-8)12(14,15)16;9-8(10)4-7(8)15(13,14)11-3-1-2-6(12)5-11/h1-5H,(H2,17,20);6-7,12H,1-5H2. The number of fused-ring (bicyclic) bond motifs is 1. The molecule has 0 spiro atoms. The summed E-state index contributed by atoms with van der Waals surface area (Å²) in [6.07, 6.45) is -2.86. The van der Waals surface area contributed by atoms with Gasteiger partial charge in [0.25, 0.3) is 5.92 Å². The molecule has 36 heavy (non-hydrogen) atoms. The van der Waals surface area contributed by atoms with E-state index in [0.717, 1.165) is 27.0 Å². The van der Waals surface area contributed by atoms with Gasteiger partial charge in [0.15, 0.2) is 5.82 Å². The van der Waals surface area contributed by atoms with Crippen molar-refractivity contribution in [2.75, 3.05) is 18.8 Å². The number of halogens is 6. The fourth-order valence-corrected chi connectivity index (χ4v) is 5.70. The zero-order valence-electron chi connectivity index (χ0n) is 18.3. The van der Waals surface area contributed by atoms with E-state index in [-0.39, 0.29) is 35.9 Å². The Morgan fingerprint density at radius 2 is 1.86 bits per heavy atom. The topological polar surface area (TPSA) is 127 Å². The number of alkyl halides is 5. The van der Waals surface area contributed by atoms with E-state index in [0.29, 0.717) is 19.0 Å². The number of piperidine rings is 1. The molecule has 2 unspecified atom stereocenters. The number of nitrogen functional groups attached to an aromatic ring is 1. The van der Waals surface area contributed by atoms with E-state index < -0.39 is 51.3 Å². The van der Waals surface area contributed by atoms with Crippen LogP contribution in [-0.2, 0) is 16.2 Å². The largest absolute Gasteiger partial charge is 0.417 e. The second kappa shape index (κ2) is 9.15. The van der Waals surface area contributed by atoms with Gasteiger partial charge in [0.2, 0.25) is 16.0 Å². The van der Waals surface area contributed by atoms with Crippen LogP contribution in [0.3, 0.4) is 0 Å². The number of aromatic nitrogens is 4. The molecular formula is C20H20F6N6O3S. The Morgan fingerprint density at radius 1 is 1.17 bits per heavy atom. The first kappa shape index (κ1) is 26.1. The molecular weight excluding hydrogens is 518 g/mol. The molecule has 3 aromatic rings. The van der Waals surface area contributed by atoms with Crippen LogP contribution < -0.4 is 5.73 Å². The lowest BCUT2D eigenvalue weighted by molar-refractivity contribution is -0.137. The predicted molar refractivity (Wildman–Crippen MR) is 115 cm³/mol. The van der Waals surface area contributed by atoms with Crippen LogP contribution in [0.15, 0.2) is 30.6 Å². The van der Waals surface area contributed by atoms with Gasteiger partial charge >= 0.3 is 6.18 Å². The van der Waals surface area contributed by atoms with Gasteiger partial charge in [-0.3, -0.25) is 4.98 Å². The van der Waals surface area contributed by atoms with Gasteiger partial charge < -0.3 is 10.8 Å². The van der Waals surface area contributed by atoms with Crippen LogP contribution in [-0.4, -0.2) is 67.8 Å². The summed E-state index contributed by atoms with van der Waals surface area (Å²) in [7, 11) is -3.91. The summed E-state index contributed by atoms with van der Waals surface area (Å²) in [6.45, 7) is 0.195. The first-order valence-corrected chi connectivity index (χ1v) is 12.1. The number of aliphatic hydroxyl groups is 1. The number of anilines is 1. The van der Waals surface area contributed by atoms with Gasteiger partial charge in [0.1, 0.15) is 10.8 Å². The molecule has 3 aromatic heterocycles. The van der Waals surface area contributed by atoms with Crippen molar-refractivity contribution in [1.82, 2.24) is 23.9 Å². The molecule has 1 aliphatic carbocycles. The van der Waals surface area contributed by atoms with Gasteiger partial charge in [0.05, 0.1) is 29.3 Å². The lowest BCUT2D eigenvalue weighted by Crippen LogP contribution is -2.44. The molecule has 3 N–H and O–H groups in total. The monoisotopic (exact) mass is 538 g/mol. The van der Waals surface area contributed by atoms with Crippen LogP contribution in [0.2, 0.25) is 0 Å². The van der Waals surface area contributed by atoms with Crippen molar-refractivity contribution < 1.29 is 39.9 Å². The first-order valence-electron chi connectivity index (χ1n) is 10.6. The number of nitrogens with zero attached hydrogens (tertiary/aromatic N) is 5. The molecule has 0 radical (unpaired) electrons. The molecule has 1 saturated heterocycles. The minimum atomic E-state index is -4.48. The zero-order valence-corrected chi connectivity index (χ0v) is 19.1. The Morgan fingerprint density at radius 3 is 2.42 bits per heavy atom. The average Bonchev–Trinajstić information content (AvgIpc) is 3.34. The summed E-state index contributed by atoms with van der Waals surface area (Å²) in [5.74, 6) is -3.78. The third-order valence-corrected chi connectivity index (χ3v) is 7.97. The van der Waals surface area contributed by atoms with E-state index >= 15 is 0 Å². The van der Waals surface area contributed by atoms with Crippen LogP contribution in [0.4, 0.5) is 32.3 Å². The normalized spacial score (nSPS) is 22.2. The van der Waals surface area contributed by atoms with Gasteiger partial charge in [-0.25, -0.2) is 31.1 Å². The van der Waals surface area contributed by atoms with Crippen molar-refractivity contribution in [1.29, 1.82) is 0 Å². The summed E-state index contributed by atoms with van der Waals surface area (Å²) in [6, 6.07) is 3.12. The minimum Gasteiger partial charge on any atom is -0.392 e. The third-order valence-electron chi connectivity index (χ3n) is 5.69. The lowest BCUT2D eigenvalue weighted by atomic mass is 10.1. The lowest BCUT2D eigenvalue weighted by Gasteiger charge is -2.29. The van der Waals surface area contributed by atoms with E-state index in [2.05, 4.69) is 15.1 Å². The van der Waals surface area contributed by atoms with Gasteiger partial charge in [-0.1, -0.05) is 0 Å². The van der Waals surface area contributed by atoms with Crippen LogP contribution in [0, 0.1) is 5.82 Å². The molecule has 4 heterocycles. The van der Waals surface area contributed by atoms with Gasteiger partial charge in [-0.2, -0.15) is 17.5 Å². The molecule has 2 fully saturated rings. The number of hydrogen-bond donors (Lipinski definition) is 2. The van der Waals surface area contributed by atoms with Crippen molar-refractivity contribution in [3.8, 4) is 11.4 Å². The van der Waals surface area contributed by atoms with E-state index in [1.165, 1.54) is 6.20 Å². The minimum absolute atomic E-state index is 0.0467. The quantitative estimate of drug-likeness (QED) is 0.491. The fraction of sp³-hybridized carbons (Fsp3) is 0.450. The van der Waals surface area contributed by atoms with Crippen molar-refractivity contribution >= 4 is 21.5 Å². The van der Waals surface area contributed by atoms with Crippen LogP contribution in [0.5, 0.6) is 0 Å². The molecule has 16 heteroatoms. The van der Waals surface area contributed by atoms with E-state index in [4.69, 9.17) is 5.73 Å². The zero-order chi connectivity index (χ0) is 26.5. The van der Waals surface area contributed by atoms with Crippen molar-refractivity contribution in [3.05, 3.63) is 42.0 Å². The molecule has 1 aliphatic heterocycles. The highest BCUT2D eigenvalue weighted by Gasteiger charge is 2.65. The van der Waals surface area contributed by atoms with Gasteiger partial charge in [-0.05, 0) is 25.0 Å². The molecule has 196 valence electrons. The van der Waals surface area contributed by atoms with E-state index in [1.807, 2.05) is 0 Å². The highest BCUT2D eigenvalue weighted by atomic mass is 32.2. The molecule has 9 nitrogen and oxygen atoms in total. The smallest absolute Gasteiger partial charge is 0.392 e. The maximum absolute atomic E-state index is 13.7. The summed E-state index contributed by atoms with van der Waals surface area (Å²) in [5.41, 5.74) is 4.92. The van der Waals surface area contributed by atoms with Crippen molar-refractivity contribution in [3.63, 3.8) is 0 Å². The van der Waals surface area contributed by atoms with E-state index in [9.17, 15) is 39.9 Å². The Labute approximate surface area is 200 Å². The summed E-state index contributed by atoms with van der Waals surface area (Å²) >= 11 is 0. The molecule has 2 aliphatic rings. The Bertz CT molecular complexity index is 1360. The number of hydrogen-bond acceptors (Lipinski definition) is 7. The summed E-state index contributed by atoms with van der Waals surface area (Å²) in [4.78, 5) is 7.36. The summed E-state index contributed by atoms with van der Waals surface area (Å²) < 4.78 is 102. The third kappa shape index (κ3) is 5.24. The van der Waals surface area contributed by atoms with Crippen molar-refractivity contribution in [2.45, 2.75) is 42.7 Å². The number of sulfonamides is 1. The van der Waals surface area contributed by atoms with Gasteiger partial charge in [-0.15, -0.1) is 5.10 Å². The maximum atomic E-state index is 13.7. The Kier molecular flexibility index (Phi) is 6.63. The predicted octanol–water partition coefficient (Wildman–Crippen LogP) is 2.71. The average molecular weight is 538 g/mol. The number of rotatable bonds is 3. The fourth-order valence-electron chi connectivity index (χ4n) is 3.70. The maximum Gasteiger partial charge on any atom is 0.417 e. The number of pyridine rings is 1. The van der Waals surface area contributed by atoms with E-state index in [1.54, 1.807) is 0 Å². The van der Waals surface area contributed by atoms with Crippen LogP contribution in [0.25, 0.3) is 16.9 Å². The molecule has 0 aromatic carbocycles. The number of aliphatic hydroxyl groups excluding tert-OH is 1. The number of nitrogens with two attached hydrogens (primary N) is 1. The highest BCUT2D eigenvalue weighted by Crippen LogP contribution is 2.48. The second-order valence-electron chi connectivity index (χ2n) is 8.37. The van der Waals surface area contributed by atoms with Crippen molar-refractivity contribution in [2.24, 2.45) is 0 Å². The molecule has 1 saturated carbocycles. The first-order chi connectivity index (χ1) is 16.7. The SMILES string of the molecule is Nc1ncc2c(F)cc(-c3ccc(C(F)(F)F)cn3)n2n1.O=S(=O)(C1CC1(F)F)N1CCCC(O)C1. The molecule has 5 rings (SSSR count). The summed E-state index contributed by atoms with van der Waals surface area (Å²) in [5, 5.41) is 11.5. The Hall–Kier alpha value is -2.98.